The molecule has 1 heterocycles. The molecule has 0 aliphatic heterocycles. The molecule has 0 fully saturated rings. The van der Waals surface area contributed by atoms with E-state index in [1.165, 1.54) is 0 Å². The molecule has 5 heteroatoms. The number of hydrogen-bond acceptors (Lipinski definition) is 3. The predicted molar refractivity (Wildman–Crippen MR) is 30.5 cm³/mol. The summed E-state index contributed by atoms with van der Waals surface area (Å²) in [6, 6.07) is 0. The van der Waals surface area contributed by atoms with Crippen molar-refractivity contribution in [2.45, 2.75) is 0 Å². The van der Waals surface area contributed by atoms with E-state index in [4.69, 9.17) is 3.57 Å². The van der Waals surface area contributed by atoms with E-state index in [1.54, 1.807) is 17.5 Å². The average molecular weight is 245 g/mol. The summed E-state index contributed by atoms with van der Waals surface area (Å²) in [5.74, 6) is 0. The van der Waals surface area contributed by atoms with Crippen molar-refractivity contribution in [2.75, 3.05) is 0 Å². The van der Waals surface area contributed by atoms with Crippen LogP contribution in [-0.2, 0) is 21.8 Å². The van der Waals surface area contributed by atoms with E-state index >= 15 is 0 Å². The van der Waals surface area contributed by atoms with Crippen molar-refractivity contribution in [1.82, 2.24) is 4.98 Å². The fraction of sp³-hybridized carbons (Fsp3) is 0. The molecule has 0 radical (unpaired) electrons. The van der Waals surface area contributed by atoms with Gasteiger partial charge in [0.15, 0.2) is 3.92 Å². The Morgan fingerprint density at radius 2 is 2.38 bits per heavy atom. The Labute approximate surface area is 69.4 Å². The minimum atomic E-state index is 0.125. The third-order valence-electron chi connectivity index (χ3n) is 0.402. The second kappa shape index (κ2) is 5.67. The standard InChI is InChI=1S/C3H2BrNS.O.Zn/c4-3-5-1-2-6-3;;/h1-2H;;. The third kappa shape index (κ3) is 3.52. The fourth-order valence-electron chi connectivity index (χ4n) is 0.206. The number of hydrogen-bond donors (Lipinski definition) is 0. The molecule has 0 aromatic carbocycles. The molecular weight excluding hydrogens is 243 g/mol. The van der Waals surface area contributed by atoms with Gasteiger partial charge in [-0.05, 0) is 15.9 Å². The van der Waals surface area contributed by atoms with Crippen LogP contribution in [0.25, 0.3) is 0 Å². The van der Waals surface area contributed by atoms with Crippen molar-refractivity contribution in [2.24, 2.45) is 0 Å². The summed E-state index contributed by atoms with van der Waals surface area (Å²) in [6.45, 7) is 0. The average Bonchev–Trinajstić information content (AvgIpc) is 2.24. The van der Waals surface area contributed by atoms with E-state index in [0.717, 1.165) is 3.92 Å². The van der Waals surface area contributed by atoms with Crippen LogP contribution >= 0.6 is 27.3 Å². The Morgan fingerprint density at radius 3 is 2.50 bits per heavy atom. The number of rotatable bonds is 0. The second-order valence-corrected chi connectivity index (χ2v) is 2.96. The Balaban J connectivity index is 0.000000222. The van der Waals surface area contributed by atoms with Gasteiger partial charge in [0.05, 0.1) is 0 Å². The summed E-state index contributed by atoms with van der Waals surface area (Å²) in [5.41, 5.74) is 0. The van der Waals surface area contributed by atoms with Crippen LogP contribution < -0.4 is 0 Å². The van der Waals surface area contributed by atoms with Gasteiger partial charge in [0.25, 0.3) is 0 Å². The first-order valence-corrected chi connectivity index (χ1v) is 4.62. The summed E-state index contributed by atoms with van der Waals surface area (Å²) < 4.78 is 9.32. The van der Waals surface area contributed by atoms with Crippen molar-refractivity contribution in [3.63, 3.8) is 0 Å². The van der Waals surface area contributed by atoms with Gasteiger partial charge >= 0.3 is 21.8 Å². The first kappa shape index (κ1) is 8.53. The second-order valence-electron chi connectivity index (χ2n) is 0.785. The van der Waals surface area contributed by atoms with Gasteiger partial charge in [0.2, 0.25) is 0 Å². The van der Waals surface area contributed by atoms with Crippen LogP contribution in [0.2, 0.25) is 0 Å². The summed E-state index contributed by atoms with van der Waals surface area (Å²) in [4.78, 5) is 3.85. The SMILES string of the molecule is Brc1nccs1.[O]=[Zn]. The molecule has 0 atom stereocenters. The summed E-state index contributed by atoms with van der Waals surface area (Å²) in [5, 5.41) is 1.92. The fourth-order valence-corrected chi connectivity index (χ4v) is 1.00. The number of nitrogens with zero attached hydrogens (tertiary/aromatic N) is 1. The van der Waals surface area contributed by atoms with Crippen LogP contribution in [0.3, 0.4) is 0 Å². The van der Waals surface area contributed by atoms with Crippen LogP contribution in [0.5, 0.6) is 0 Å². The summed E-state index contributed by atoms with van der Waals surface area (Å²) in [6.07, 6.45) is 1.76. The maximum atomic E-state index is 8.38. The van der Waals surface area contributed by atoms with Gasteiger partial charge in [-0.2, -0.15) is 0 Å². The monoisotopic (exact) mass is 243 g/mol. The van der Waals surface area contributed by atoms with E-state index in [-0.39, 0.29) is 18.3 Å². The molecule has 8 heavy (non-hydrogen) atoms. The first-order chi connectivity index (χ1) is 3.89. The van der Waals surface area contributed by atoms with Crippen molar-refractivity contribution >= 4 is 27.3 Å². The van der Waals surface area contributed by atoms with Crippen molar-refractivity contribution in [3.05, 3.63) is 15.5 Å². The van der Waals surface area contributed by atoms with Crippen molar-refractivity contribution < 1.29 is 21.8 Å². The number of halogens is 1. The summed E-state index contributed by atoms with van der Waals surface area (Å²) in [7, 11) is 0. The van der Waals surface area contributed by atoms with E-state index in [1.807, 2.05) is 5.38 Å². The van der Waals surface area contributed by atoms with Crippen LogP contribution in [0.15, 0.2) is 15.5 Å². The number of thiazole rings is 1. The van der Waals surface area contributed by atoms with E-state index in [0.29, 0.717) is 0 Å². The van der Waals surface area contributed by atoms with Crippen molar-refractivity contribution in [1.29, 1.82) is 0 Å². The van der Waals surface area contributed by atoms with Gasteiger partial charge < -0.3 is 0 Å². The van der Waals surface area contributed by atoms with Crippen LogP contribution in [0, 0.1) is 0 Å². The third-order valence-corrected chi connectivity index (χ3v) is 1.73. The maximum absolute atomic E-state index is 8.38. The van der Waals surface area contributed by atoms with Gasteiger partial charge in [0, 0.05) is 11.6 Å². The van der Waals surface area contributed by atoms with Crippen LogP contribution in [0.1, 0.15) is 0 Å². The first-order valence-electron chi connectivity index (χ1n) is 1.73. The molecule has 2 nitrogen and oxygen atoms in total. The zero-order chi connectivity index (χ0) is 6.41. The number of aromatic nitrogens is 1. The zero-order valence-electron chi connectivity index (χ0n) is 4.00. The molecule has 1 aromatic rings. The molecule has 40 valence electrons. The molecule has 1 rings (SSSR count). The molecule has 1 aromatic heterocycles. The zero-order valence-corrected chi connectivity index (χ0v) is 9.37. The Hall–Kier alpha value is 0.533. The molecule has 0 N–H and O–H groups in total. The quantitative estimate of drug-likeness (QED) is 0.652. The summed E-state index contributed by atoms with van der Waals surface area (Å²) >= 11 is 4.90. The van der Waals surface area contributed by atoms with Crippen LogP contribution in [0.4, 0.5) is 0 Å². The molecule has 0 spiro atoms. The molecule has 0 saturated heterocycles. The molecule has 0 bridgehead atoms. The van der Waals surface area contributed by atoms with Crippen molar-refractivity contribution in [3.8, 4) is 0 Å². The normalized spacial score (nSPS) is 7.38. The van der Waals surface area contributed by atoms with Gasteiger partial charge in [-0.15, -0.1) is 11.3 Å². The minimum absolute atomic E-state index is 0.125. The van der Waals surface area contributed by atoms with Gasteiger partial charge in [0.1, 0.15) is 0 Å². The molecule has 0 aliphatic rings. The topological polar surface area (TPSA) is 30.0 Å². The van der Waals surface area contributed by atoms with E-state index < -0.39 is 0 Å². The molecule has 0 aliphatic carbocycles. The van der Waals surface area contributed by atoms with Gasteiger partial charge in [-0.25, -0.2) is 4.98 Å². The Morgan fingerprint density at radius 1 is 1.75 bits per heavy atom. The predicted octanol–water partition coefficient (Wildman–Crippen LogP) is 1.78. The molecule has 0 amide bonds. The van der Waals surface area contributed by atoms with E-state index in [9.17, 15) is 0 Å². The van der Waals surface area contributed by atoms with E-state index in [2.05, 4.69) is 20.9 Å². The molecule has 0 saturated carbocycles. The molecule has 0 unspecified atom stereocenters. The van der Waals surface area contributed by atoms with Crippen LogP contribution in [-0.4, -0.2) is 4.98 Å². The van der Waals surface area contributed by atoms with Gasteiger partial charge in [-0.1, -0.05) is 0 Å². The molecular formula is C3H2BrNOSZn. The van der Waals surface area contributed by atoms with Gasteiger partial charge in [-0.3, -0.25) is 0 Å². The Kier molecular flexibility index (Phi) is 6.04. The Bertz CT molecular complexity index is 134.